The molecule has 2 saturated heterocycles. The number of carbonyl (C=O) groups excluding carboxylic acids is 3. The first-order chi connectivity index (χ1) is 32.6. The van der Waals surface area contributed by atoms with Crippen LogP contribution in [0.2, 0.25) is 0 Å². The van der Waals surface area contributed by atoms with Gasteiger partial charge in [0.05, 0.1) is 26.3 Å². The maximum atomic E-state index is 13.5. The van der Waals surface area contributed by atoms with E-state index in [-0.39, 0.29) is 36.6 Å². The van der Waals surface area contributed by atoms with Gasteiger partial charge in [0, 0.05) is 95.8 Å². The van der Waals surface area contributed by atoms with E-state index in [4.69, 9.17) is 14.2 Å². The average Bonchev–Trinajstić information content (AvgIpc) is 3.99. The topological polar surface area (TPSA) is 160 Å². The van der Waals surface area contributed by atoms with Crippen molar-refractivity contribution in [3.8, 4) is 11.5 Å². The van der Waals surface area contributed by atoms with Gasteiger partial charge in [-0.05, 0) is 65.6 Å². The van der Waals surface area contributed by atoms with Crippen LogP contribution in [0.5, 0.6) is 11.5 Å². The van der Waals surface area contributed by atoms with Crippen LogP contribution >= 0.6 is 0 Å². The van der Waals surface area contributed by atoms with Crippen molar-refractivity contribution in [2.24, 2.45) is 0 Å². The lowest BCUT2D eigenvalue weighted by atomic mass is 10.0. The minimum absolute atomic E-state index is 0.0732. The van der Waals surface area contributed by atoms with E-state index < -0.39 is 47.2 Å². The molecule has 3 amide bonds. The lowest BCUT2D eigenvalue weighted by Crippen LogP contribution is -2.42. The molecule has 0 spiro atoms. The van der Waals surface area contributed by atoms with Crippen molar-refractivity contribution in [2.45, 2.75) is 89.6 Å². The molecular formula is C47H64F6N10O6. The molecule has 2 aliphatic heterocycles. The molecule has 2 aromatic heterocycles. The fourth-order valence-electron chi connectivity index (χ4n) is 7.96. The molecule has 2 fully saturated rings. The standard InChI is InChI=1S/C26H36F3N5O4.C21H28F3N5O2/c1-25(2,3)38-24(36)32(4)14-15-33-12-10-19(11-13-33)34-20(16-22(31-34)26(27,28)29)23(35)30-17-18-8-6-7-9-21(18)37-5;1-25-9-12-28-10-7-16(8-11-28)29-17(13-19(27-29)21(22,23)24)20(30)26-14-15-5-3-4-6-18(15)31-2/h6-9,16,19H,10-15,17H2,1-5H3,(H,30,35);3-6,13,16,25H,7-12,14H2,1-2H3,(H,26,30). The van der Waals surface area contributed by atoms with Crippen LogP contribution in [0.25, 0.3) is 0 Å². The Morgan fingerprint density at radius 2 is 1.09 bits per heavy atom. The van der Waals surface area contributed by atoms with E-state index in [1.807, 2.05) is 7.05 Å². The predicted molar refractivity (Wildman–Crippen MR) is 245 cm³/mol. The van der Waals surface area contributed by atoms with E-state index in [1.54, 1.807) is 76.3 Å². The van der Waals surface area contributed by atoms with Crippen LogP contribution in [0, 0.1) is 0 Å². The number of para-hydroxylation sites is 2. The number of benzene rings is 2. The SMILES string of the molecule is CNCCN1CCC(n2nc(C(F)(F)F)cc2C(=O)NCc2ccccc2OC)CC1.COc1ccccc1CNC(=O)c1cc(C(F)(F)F)nn1C1CCN(CCN(C)C(=O)OC(C)(C)C)CC1. The quantitative estimate of drug-likeness (QED) is 0.0989. The van der Waals surface area contributed by atoms with Crippen molar-refractivity contribution in [3.63, 3.8) is 0 Å². The second-order valence-corrected chi connectivity index (χ2v) is 17.9. The number of nitrogens with zero attached hydrogens (tertiary/aromatic N) is 7. The molecule has 2 aromatic carbocycles. The fourth-order valence-corrected chi connectivity index (χ4v) is 7.96. The highest BCUT2D eigenvalue weighted by atomic mass is 19.4. The first-order valence-electron chi connectivity index (χ1n) is 22.8. The Labute approximate surface area is 398 Å². The second kappa shape index (κ2) is 24.1. The van der Waals surface area contributed by atoms with Crippen LogP contribution in [-0.2, 0) is 30.2 Å². The Morgan fingerprint density at radius 3 is 1.46 bits per heavy atom. The fraction of sp³-hybridized carbons (Fsp3) is 0.553. The number of piperidine rings is 2. The van der Waals surface area contributed by atoms with Gasteiger partial charge in [-0.2, -0.15) is 36.5 Å². The van der Waals surface area contributed by atoms with Crippen molar-refractivity contribution < 1.29 is 54.9 Å². The van der Waals surface area contributed by atoms with E-state index in [2.05, 4.69) is 35.9 Å². The molecule has 4 aromatic rings. The zero-order valence-electron chi connectivity index (χ0n) is 40.2. The van der Waals surface area contributed by atoms with E-state index in [1.165, 1.54) is 28.5 Å². The first-order valence-corrected chi connectivity index (χ1v) is 22.8. The number of nitrogens with one attached hydrogen (secondary N) is 3. The van der Waals surface area contributed by atoms with Crippen molar-refractivity contribution in [3.05, 3.63) is 94.6 Å². The molecule has 0 radical (unpaired) electrons. The summed E-state index contributed by atoms with van der Waals surface area (Å²) in [5.41, 5.74) is -1.49. The third-order valence-corrected chi connectivity index (χ3v) is 11.7. The minimum Gasteiger partial charge on any atom is -0.496 e. The maximum Gasteiger partial charge on any atom is 0.435 e. The van der Waals surface area contributed by atoms with Gasteiger partial charge < -0.3 is 44.9 Å². The molecule has 69 heavy (non-hydrogen) atoms. The summed E-state index contributed by atoms with van der Waals surface area (Å²) >= 11 is 0. The van der Waals surface area contributed by atoms with Crippen molar-refractivity contribution in [2.75, 3.05) is 80.7 Å². The van der Waals surface area contributed by atoms with Crippen molar-refractivity contribution >= 4 is 17.9 Å². The number of methoxy groups -OCH3 is 2. The van der Waals surface area contributed by atoms with Crippen LogP contribution in [0.15, 0.2) is 60.7 Å². The van der Waals surface area contributed by atoms with Crippen LogP contribution in [0.4, 0.5) is 31.1 Å². The second-order valence-electron chi connectivity index (χ2n) is 17.9. The summed E-state index contributed by atoms with van der Waals surface area (Å²) in [5.74, 6) is -0.0601. The highest BCUT2D eigenvalue weighted by Crippen LogP contribution is 2.34. The summed E-state index contributed by atoms with van der Waals surface area (Å²) in [6.07, 6.45) is -7.39. The molecule has 4 heterocycles. The van der Waals surface area contributed by atoms with Gasteiger partial charge in [-0.1, -0.05) is 36.4 Å². The average molecular weight is 979 g/mol. The highest BCUT2D eigenvalue weighted by molar-refractivity contribution is 5.93. The third-order valence-electron chi connectivity index (χ3n) is 11.7. The van der Waals surface area contributed by atoms with Gasteiger partial charge >= 0.3 is 18.4 Å². The summed E-state index contributed by atoms with van der Waals surface area (Å²) < 4.78 is 98.8. The molecule has 3 N–H and O–H groups in total. The number of hydrogen-bond acceptors (Lipinski definition) is 11. The Bertz CT molecular complexity index is 2300. The predicted octanol–water partition coefficient (Wildman–Crippen LogP) is 7.04. The molecule has 380 valence electrons. The number of carbonyl (C=O) groups is 3. The highest BCUT2D eigenvalue weighted by Gasteiger charge is 2.39. The monoisotopic (exact) mass is 978 g/mol. The van der Waals surface area contributed by atoms with E-state index in [9.17, 15) is 40.7 Å². The molecule has 0 unspecified atom stereocenters. The number of likely N-dealkylation sites (N-methyl/N-ethyl adjacent to an activating group) is 2. The van der Waals surface area contributed by atoms with E-state index in [0.29, 0.717) is 68.9 Å². The molecular weight excluding hydrogens is 915 g/mol. The molecule has 0 aliphatic carbocycles. The molecule has 6 rings (SSSR count). The molecule has 16 nitrogen and oxygen atoms in total. The van der Waals surface area contributed by atoms with Crippen LogP contribution in [0.3, 0.4) is 0 Å². The summed E-state index contributed by atoms with van der Waals surface area (Å²) in [6.45, 7) is 11.1. The zero-order chi connectivity index (χ0) is 50.5. The normalized spacial score (nSPS) is 15.5. The Hall–Kier alpha value is -5.87. The number of amides is 3. The lowest BCUT2D eigenvalue weighted by molar-refractivity contribution is -0.142. The van der Waals surface area contributed by atoms with Gasteiger partial charge in [0.25, 0.3) is 11.8 Å². The Morgan fingerprint density at radius 1 is 0.681 bits per heavy atom. The number of aromatic nitrogens is 4. The lowest BCUT2D eigenvalue weighted by Gasteiger charge is -2.33. The molecule has 0 atom stereocenters. The van der Waals surface area contributed by atoms with E-state index >= 15 is 0 Å². The molecule has 22 heteroatoms. The number of alkyl halides is 6. The molecule has 0 saturated carbocycles. The summed E-state index contributed by atoms with van der Waals surface area (Å²) in [7, 11) is 6.58. The Balaban J connectivity index is 0.000000263. The van der Waals surface area contributed by atoms with Gasteiger partial charge in [0.15, 0.2) is 11.4 Å². The first kappa shape index (κ1) is 54.1. The van der Waals surface area contributed by atoms with Gasteiger partial charge in [-0.3, -0.25) is 19.0 Å². The molecule has 0 bridgehead atoms. The largest absolute Gasteiger partial charge is 0.496 e. The molecule has 2 aliphatic rings. The summed E-state index contributed by atoms with van der Waals surface area (Å²) in [4.78, 5) is 43.9. The van der Waals surface area contributed by atoms with Crippen LogP contribution in [-0.4, -0.2) is 138 Å². The van der Waals surface area contributed by atoms with Crippen molar-refractivity contribution in [1.29, 1.82) is 0 Å². The summed E-state index contributed by atoms with van der Waals surface area (Å²) in [5, 5.41) is 16.1. The van der Waals surface area contributed by atoms with Gasteiger partial charge in [-0.25, -0.2) is 4.79 Å². The Kier molecular flexibility index (Phi) is 18.9. The minimum atomic E-state index is -4.67. The van der Waals surface area contributed by atoms with Crippen LogP contribution in [0.1, 0.15) is 102 Å². The smallest absolute Gasteiger partial charge is 0.435 e. The maximum absolute atomic E-state index is 13.5. The van der Waals surface area contributed by atoms with Gasteiger partial charge in [0.2, 0.25) is 0 Å². The zero-order valence-corrected chi connectivity index (χ0v) is 40.2. The van der Waals surface area contributed by atoms with E-state index in [0.717, 1.165) is 43.9 Å². The van der Waals surface area contributed by atoms with Crippen molar-refractivity contribution in [1.82, 2.24) is 50.2 Å². The summed E-state index contributed by atoms with van der Waals surface area (Å²) in [6, 6.07) is 15.3. The number of halogens is 6. The number of likely N-dealkylation sites (tertiary alicyclic amines) is 2. The third kappa shape index (κ3) is 15.6. The van der Waals surface area contributed by atoms with Gasteiger partial charge in [0.1, 0.15) is 28.5 Å². The number of hydrogen-bond donors (Lipinski definition) is 3. The van der Waals surface area contributed by atoms with Gasteiger partial charge in [-0.15, -0.1) is 0 Å². The number of rotatable bonds is 16. The number of ether oxygens (including phenoxy) is 3. The van der Waals surface area contributed by atoms with Crippen LogP contribution < -0.4 is 25.4 Å².